The summed E-state index contributed by atoms with van der Waals surface area (Å²) in [6.45, 7) is 3.30. The second-order valence-corrected chi connectivity index (χ2v) is 7.81. The molecule has 3 aromatic heterocycles. The highest BCUT2D eigenvalue weighted by Gasteiger charge is 2.07. The van der Waals surface area contributed by atoms with E-state index in [0.29, 0.717) is 18.8 Å². The van der Waals surface area contributed by atoms with E-state index in [4.69, 9.17) is 4.74 Å². The van der Waals surface area contributed by atoms with Crippen molar-refractivity contribution in [1.29, 1.82) is 0 Å². The van der Waals surface area contributed by atoms with Crippen molar-refractivity contribution in [1.82, 2.24) is 24.7 Å². The molecule has 0 unspecified atom stereocenters. The van der Waals surface area contributed by atoms with Gasteiger partial charge in [-0.15, -0.1) is 0 Å². The quantitative estimate of drug-likeness (QED) is 0.427. The van der Waals surface area contributed by atoms with Crippen molar-refractivity contribution >= 4 is 11.7 Å². The van der Waals surface area contributed by atoms with Crippen molar-refractivity contribution in [3.05, 3.63) is 89.9 Å². The molecule has 4 aromatic rings. The molecule has 3 heterocycles. The number of hydrogen-bond donors (Lipinski definition) is 1. The molecule has 0 saturated heterocycles. The number of nitrogens with one attached hydrogen (secondary N) is 1. The molecule has 0 aliphatic carbocycles. The van der Waals surface area contributed by atoms with Gasteiger partial charge in [0.25, 0.3) is 0 Å². The predicted octanol–water partition coefficient (Wildman–Crippen LogP) is 3.46. The lowest BCUT2D eigenvalue weighted by Crippen LogP contribution is -2.15. The number of carbonyl (C=O) groups is 1. The van der Waals surface area contributed by atoms with Crippen LogP contribution in [0.5, 0.6) is 0 Å². The molecule has 0 bridgehead atoms. The first-order valence-corrected chi connectivity index (χ1v) is 10.7. The third-order valence-electron chi connectivity index (χ3n) is 5.11. The largest absolute Gasteiger partial charge is 0.383 e. The molecule has 0 radical (unpaired) electrons. The van der Waals surface area contributed by atoms with Crippen LogP contribution in [-0.4, -0.2) is 44.4 Å². The molecule has 168 valence electrons. The molecule has 1 N–H and O–H groups in total. The highest BCUT2D eigenvalue weighted by Crippen LogP contribution is 2.19. The van der Waals surface area contributed by atoms with Gasteiger partial charge in [0.2, 0.25) is 5.91 Å². The van der Waals surface area contributed by atoms with Crippen LogP contribution in [0.25, 0.3) is 11.1 Å². The zero-order valence-corrected chi connectivity index (χ0v) is 18.7. The van der Waals surface area contributed by atoms with Crippen molar-refractivity contribution in [2.75, 3.05) is 19.0 Å². The minimum atomic E-state index is -0.0997. The zero-order valence-electron chi connectivity index (χ0n) is 18.7. The average Bonchev–Trinajstić information content (AvgIpc) is 3.27. The monoisotopic (exact) mass is 442 g/mol. The zero-order chi connectivity index (χ0) is 23.0. The molecule has 33 heavy (non-hydrogen) atoms. The van der Waals surface area contributed by atoms with Gasteiger partial charge in [0.15, 0.2) is 0 Å². The Hall–Kier alpha value is -3.91. The standard InChI is InChI=1S/C25H26N6O2/c1-18-3-8-23(26-13-18)30-25(32)12-19-4-6-21(7-5-19)22-15-27-24(28-16-22)11-20-14-29-31(17-20)9-10-33-2/h3-8,13-17H,9-12H2,1-2H3,(H,26,30,32). The van der Waals surface area contributed by atoms with Gasteiger partial charge in [-0.1, -0.05) is 30.3 Å². The average molecular weight is 443 g/mol. The predicted molar refractivity (Wildman–Crippen MR) is 126 cm³/mol. The third-order valence-corrected chi connectivity index (χ3v) is 5.11. The van der Waals surface area contributed by atoms with Gasteiger partial charge in [0, 0.05) is 43.9 Å². The Balaban J connectivity index is 1.33. The summed E-state index contributed by atoms with van der Waals surface area (Å²) in [5, 5.41) is 7.14. The van der Waals surface area contributed by atoms with Crippen LogP contribution in [0.3, 0.4) is 0 Å². The maximum Gasteiger partial charge on any atom is 0.229 e. The van der Waals surface area contributed by atoms with Crippen LogP contribution >= 0.6 is 0 Å². The van der Waals surface area contributed by atoms with Gasteiger partial charge in [-0.05, 0) is 35.2 Å². The number of methoxy groups -OCH3 is 1. The van der Waals surface area contributed by atoms with Crippen molar-refractivity contribution < 1.29 is 9.53 Å². The van der Waals surface area contributed by atoms with E-state index in [1.807, 2.05) is 66.7 Å². The lowest BCUT2D eigenvalue weighted by atomic mass is 10.0. The van der Waals surface area contributed by atoms with Crippen LogP contribution in [-0.2, 0) is 28.9 Å². The van der Waals surface area contributed by atoms with Gasteiger partial charge in [-0.3, -0.25) is 9.48 Å². The van der Waals surface area contributed by atoms with Gasteiger partial charge in [0.05, 0.1) is 25.8 Å². The number of nitrogens with zero attached hydrogens (tertiary/aromatic N) is 5. The minimum absolute atomic E-state index is 0.0997. The van der Waals surface area contributed by atoms with Crippen molar-refractivity contribution in [2.45, 2.75) is 26.3 Å². The summed E-state index contributed by atoms with van der Waals surface area (Å²) in [6.07, 6.45) is 10.1. The molecule has 8 heteroatoms. The Morgan fingerprint density at radius 3 is 2.42 bits per heavy atom. The molecule has 0 fully saturated rings. The van der Waals surface area contributed by atoms with E-state index >= 15 is 0 Å². The van der Waals surface area contributed by atoms with Crippen LogP contribution in [0.4, 0.5) is 5.82 Å². The molecule has 0 aliphatic heterocycles. The molecule has 1 amide bonds. The third kappa shape index (κ3) is 6.30. The molecular formula is C25H26N6O2. The molecule has 0 atom stereocenters. The van der Waals surface area contributed by atoms with Gasteiger partial charge in [-0.25, -0.2) is 15.0 Å². The van der Waals surface area contributed by atoms with E-state index in [-0.39, 0.29) is 12.3 Å². The molecule has 0 spiro atoms. The Morgan fingerprint density at radius 1 is 0.939 bits per heavy atom. The van der Waals surface area contributed by atoms with Crippen LogP contribution in [0.1, 0.15) is 22.5 Å². The first-order chi connectivity index (χ1) is 16.1. The number of ether oxygens (including phenoxy) is 1. The number of aromatic nitrogens is 5. The number of hydrogen-bond acceptors (Lipinski definition) is 6. The molecule has 1 aromatic carbocycles. The van der Waals surface area contributed by atoms with Crippen LogP contribution < -0.4 is 5.32 Å². The lowest BCUT2D eigenvalue weighted by Gasteiger charge is -2.06. The van der Waals surface area contributed by atoms with E-state index in [9.17, 15) is 4.79 Å². The van der Waals surface area contributed by atoms with Gasteiger partial charge in [0.1, 0.15) is 11.6 Å². The Kier molecular flexibility index (Phi) is 7.16. The fraction of sp³-hybridized carbons (Fsp3) is 0.240. The Labute approximate surface area is 192 Å². The molecule has 8 nitrogen and oxygen atoms in total. The summed E-state index contributed by atoms with van der Waals surface area (Å²) in [6, 6.07) is 11.6. The number of benzene rings is 1. The first-order valence-electron chi connectivity index (χ1n) is 10.7. The van der Waals surface area contributed by atoms with Crippen LogP contribution in [0, 0.1) is 6.92 Å². The molecule has 0 aliphatic rings. The number of rotatable bonds is 9. The van der Waals surface area contributed by atoms with E-state index < -0.39 is 0 Å². The normalized spacial score (nSPS) is 10.8. The Bertz CT molecular complexity index is 1190. The van der Waals surface area contributed by atoms with Crippen LogP contribution in [0.2, 0.25) is 0 Å². The van der Waals surface area contributed by atoms with Crippen molar-refractivity contribution in [3.8, 4) is 11.1 Å². The number of anilines is 1. The fourth-order valence-electron chi connectivity index (χ4n) is 3.31. The maximum atomic E-state index is 12.3. The second kappa shape index (κ2) is 10.6. The van der Waals surface area contributed by atoms with Gasteiger partial charge >= 0.3 is 0 Å². The first kappa shape index (κ1) is 22.3. The minimum Gasteiger partial charge on any atom is -0.383 e. The second-order valence-electron chi connectivity index (χ2n) is 7.81. The summed E-state index contributed by atoms with van der Waals surface area (Å²) in [5.41, 5.74) is 4.95. The summed E-state index contributed by atoms with van der Waals surface area (Å²) >= 11 is 0. The highest BCUT2D eigenvalue weighted by molar-refractivity contribution is 5.91. The summed E-state index contributed by atoms with van der Waals surface area (Å²) in [4.78, 5) is 25.5. The van der Waals surface area contributed by atoms with Crippen molar-refractivity contribution in [2.24, 2.45) is 0 Å². The lowest BCUT2D eigenvalue weighted by molar-refractivity contribution is -0.115. The van der Waals surface area contributed by atoms with Gasteiger partial charge in [-0.2, -0.15) is 5.10 Å². The van der Waals surface area contributed by atoms with Gasteiger partial charge < -0.3 is 10.1 Å². The van der Waals surface area contributed by atoms with E-state index in [0.717, 1.165) is 40.2 Å². The molecule has 4 rings (SSSR count). The summed E-state index contributed by atoms with van der Waals surface area (Å²) in [7, 11) is 1.68. The maximum absolute atomic E-state index is 12.3. The van der Waals surface area contributed by atoms with E-state index in [2.05, 4.69) is 25.4 Å². The van der Waals surface area contributed by atoms with E-state index in [1.165, 1.54) is 0 Å². The SMILES string of the molecule is COCCn1cc(Cc2ncc(-c3ccc(CC(=O)Nc4ccc(C)cn4)cc3)cn2)cn1. The molecule has 0 saturated carbocycles. The van der Waals surface area contributed by atoms with Crippen molar-refractivity contribution in [3.63, 3.8) is 0 Å². The molecular weight excluding hydrogens is 416 g/mol. The smallest absolute Gasteiger partial charge is 0.229 e. The fourth-order valence-corrected chi connectivity index (χ4v) is 3.31. The summed E-state index contributed by atoms with van der Waals surface area (Å²) in [5.74, 6) is 1.20. The topological polar surface area (TPSA) is 94.8 Å². The van der Waals surface area contributed by atoms with E-state index in [1.54, 1.807) is 19.4 Å². The number of pyridine rings is 1. The number of aryl methyl sites for hydroxylation is 1. The summed E-state index contributed by atoms with van der Waals surface area (Å²) < 4.78 is 6.93. The Morgan fingerprint density at radius 2 is 1.73 bits per heavy atom. The number of carbonyl (C=O) groups excluding carboxylic acids is 1. The number of amides is 1. The van der Waals surface area contributed by atoms with Crippen LogP contribution in [0.15, 0.2) is 67.4 Å². The highest BCUT2D eigenvalue weighted by atomic mass is 16.5.